The fourth-order valence-corrected chi connectivity index (χ4v) is 2.22. The number of benzene rings is 1. The van der Waals surface area contributed by atoms with Crippen molar-refractivity contribution in [1.29, 1.82) is 0 Å². The van der Waals surface area contributed by atoms with Crippen LogP contribution in [0, 0.1) is 5.92 Å². The van der Waals surface area contributed by atoms with Gasteiger partial charge in [0.2, 0.25) is 5.91 Å². The molecule has 0 fully saturated rings. The average Bonchev–Trinajstić information content (AvgIpc) is 2.90. The van der Waals surface area contributed by atoms with Crippen LogP contribution in [0.3, 0.4) is 0 Å². The first-order valence-corrected chi connectivity index (χ1v) is 7.12. The van der Waals surface area contributed by atoms with Crippen molar-refractivity contribution in [3.8, 4) is 0 Å². The smallest absolute Gasteiger partial charge is 0.220 e. The Kier molecular flexibility index (Phi) is 5.18. The van der Waals surface area contributed by atoms with Crippen LogP contribution in [0.15, 0.2) is 30.5 Å². The van der Waals surface area contributed by atoms with Gasteiger partial charge < -0.3 is 15.4 Å². The molecular formula is C16H22N2O2. The number of carbonyl (C=O) groups excluding carboxylic acids is 1. The van der Waals surface area contributed by atoms with E-state index in [2.05, 4.69) is 22.4 Å². The number of H-pyrrole nitrogens is 1. The van der Waals surface area contributed by atoms with Crippen LogP contribution in [-0.2, 0) is 11.2 Å². The maximum absolute atomic E-state index is 11.8. The summed E-state index contributed by atoms with van der Waals surface area (Å²) >= 11 is 0. The highest BCUT2D eigenvalue weighted by Crippen LogP contribution is 2.15. The number of fused-ring (bicyclic) bond motifs is 1. The van der Waals surface area contributed by atoms with Crippen LogP contribution in [0.25, 0.3) is 10.9 Å². The highest BCUT2D eigenvalue weighted by Gasteiger charge is 2.06. The van der Waals surface area contributed by atoms with E-state index in [0.717, 1.165) is 18.4 Å². The lowest BCUT2D eigenvalue weighted by molar-refractivity contribution is -0.121. The van der Waals surface area contributed by atoms with Gasteiger partial charge in [-0.2, -0.15) is 0 Å². The Morgan fingerprint density at radius 3 is 3.05 bits per heavy atom. The lowest BCUT2D eigenvalue weighted by Gasteiger charge is -2.11. The molecule has 4 nitrogen and oxygen atoms in total. The predicted molar refractivity (Wildman–Crippen MR) is 80.5 cm³/mol. The van der Waals surface area contributed by atoms with Gasteiger partial charge in [0.05, 0.1) is 0 Å². The van der Waals surface area contributed by atoms with E-state index in [1.165, 1.54) is 10.9 Å². The standard InChI is InChI=1S/C16H22N2O2/c1-12(7-9-19)11-18-16(20)5-3-13-2-4-15-14(10-13)6-8-17-15/h2,4,6,8,10,12,17,19H,3,5,7,9,11H2,1H3,(H,18,20). The molecule has 1 atom stereocenters. The van der Waals surface area contributed by atoms with Gasteiger partial charge in [-0.05, 0) is 47.9 Å². The first-order chi connectivity index (χ1) is 9.69. The summed E-state index contributed by atoms with van der Waals surface area (Å²) in [4.78, 5) is 14.9. The maximum atomic E-state index is 11.8. The molecule has 1 unspecified atom stereocenters. The van der Waals surface area contributed by atoms with Gasteiger partial charge in [0, 0.05) is 31.3 Å². The van der Waals surface area contributed by atoms with E-state index in [4.69, 9.17) is 5.11 Å². The summed E-state index contributed by atoms with van der Waals surface area (Å²) in [7, 11) is 0. The SMILES string of the molecule is CC(CCO)CNC(=O)CCc1ccc2[nH]ccc2c1. The Labute approximate surface area is 119 Å². The molecule has 0 aliphatic heterocycles. The van der Waals surface area contributed by atoms with Gasteiger partial charge in [0.1, 0.15) is 0 Å². The lowest BCUT2D eigenvalue weighted by atomic mass is 10.1. The Morgan fingerprint density at radius 1 is 1.40 bits per heavy atom. The number of aliphatic hydroxyl groups excluding tert-OH is 1. The second-order valence-corrected chi connectivity index (χ2v) is 5.32. The number of nitrogens with one attached hydrogen (secondary N) is 2. The zero-order chi connectivity index (χ0) is 14.4. The number of carbonyl (C=O) groups is 1. The summed E-state index contributed by atoms with van der Waals surface area (Å²) in [5.41, 5.74) is 2.30. The van der Waals surface area contributed by atoms with Crippen molar-refractivity contribution in [1.82, 2.24) is 10.3 Å². The summed E-state index contributed by atoms with van der Waals surface area (Å²) < 4.78 is 0. The maximum Gasteiger partial charge on any atom is 0.220 e. The van der Waals surface area contributed by atoms with Crippen LogP contribution in [0.2, 0.25) is 0 Å². The van der Waals surface area contributed by atoms with Crippen molar-refractivity contribution in [2.45, 2.75) is 26.2 Å². The number of amides is 1. The fourth-order valence-electron chi connectivity index (χ4n) is 2.22. The van der Waals surface area contributed by atoms with Gasteiger partial charge in [0.15, 0.2) is 0 Å². The molecule has 108 valence electrons. The molecular weight excluding hydrogens is 252 g/mol. The Morgan fingerprint density at radius 2 is 2.25 bits per heavy atom. The van der Waals surface area contributed by atoms with Gasteiger partial charge in [-0.1, -0.05) is 13.0 Å². The van der Waals surface area contributed by atoms with Crippen molar-refractivity contribution in [2.75, 3.05) is 13.2 Å². The Balaban J connectivity index is 1.77. The highest BCUT2D eigenvalue weighted by molar-refractivity contribution is 5.80. The number of aliphatic hydroxyl groups is 1. The molecule has 2 aromatic rings. The van der Waals surface area contributed by atoms with Gasteiger partial charge >= 0.3 is 0 Å². The molecule has 0 bridgehead atoms. The summed E-state index contributed by atoms with van der Waals surface area (Å²) in [5, 5.41) is 12.9. The van der Waals surface area contributed by atoms with E-state index in [1.54, 1.807) is 0 Å². The first-order valence-electron chi connectivity index (χ1n) is 7.12. The van der Waals surface area contributed by atoms with Crippen molar-refractivity contribution in [3.05, 3.63) is 36.0 Å². The third-order valence-corrected chi connectivity index (χ3v) is 3.53. The van der Waals surface area contributed by atoms with Crippen LogP contribution in [0.1, 0.15) is 25.3 Å². The zero-order valence-electron chi connectivity index (χ0n) is 11.9. The number of rotatable bonds is 7. The van der Waals surface area contributed by atoms with E-state index >= 15 is 0 Å². The summed E-state index contributed by atoms with van der Waals surface area (Å²) in [5.74, 6) is 0.393. The molecule has 3 N–H and O–H groups in total. The molecule has 0 aliphatic rings. The van der Waals surface area contributed by atoms with Gasteiger partial charge in [-0.15, -0.1) is 0 Å². The second-order valence-electron chi connectivity index (χ2n) is 5.32. The number of aryl methyl sites for hydroxylation is 1. The summed E-state index contributed by atoms with van der Waals surface area (Å²) in [6, 6.07) is 8.26. The van der Waals surface area contributed by atoms with Crippen LogP contribution < -0.4 is 5.32 Å². The van der Waals surface area contributed by atoms with Crippen molar-refractivity contribution in [3.63, 3.8) is 0 Å². The number of aromatic amines is 1. The second kappa shape index (κ2) is 7.10. The third kappa shape index (κ3) is 4.10. The molecule has 0 spiro atoms. The highest BCUT2D eigenvalue weighted by atomic mass is 16.3. The number of aromatic nitrogens is 1. The molecule has 1 aromatic heterocycles. The van der Waals surface area contributed by atoms with Crippen molar-refractivity contribution in [2.24, 2.45) is 5.92 Å². The van der Waals surface area contributed by atoms with E-state index in [-0.39, 0.29) is 12.5 Å². The predicted octanol–water partition coefficient (Wildman–Crippen LogP) is 2.24. The fraction of sp³-hybridized carbons (Fsp3) is 0.438. The summed E-state index contributed by atoms with van der Waals surface area (Å²) in [6.07, 6.45) is 3.90. The van der Waals surface area contributed by atoms with E-state index < -0.39 is 0 Å². The van der Waals surface area contributed by atoms with Gasteiger partial charge in [-0.25, -0.2) is 0 Å². The minimum atomic E-state index is 0.0731. The quantitative estimate of drug-likeness (QED) is 0.725. The molecule has 0 radical (unpaired) electrons. The average molecular weight is 274 g/mol. The van der Waals surface area contributed by atoms with Crippen LogP contribution in [0.4, 0.5) is 0 Å². The van der Waals surface area contributed by atoms with Gasteiger partial charge in [-0.3, -0.25) is 4.79 Å². The largest absolute Gasteiger partial charge is 0.396 e. The molecule has 1 heterocycles. The molecule has 20 heavy (non-hydrogen) atoms. The van der Waals surface area contributed by atoms with Crippen LogP contribution in [-0.4, -0.2) is 29.1 Å². The van der Waals surface area contributed by atoms with E-state index in [0.29, 0.717) is 18.9 Å². The zero-order valence-corrected chi connectivity index (χ0v) is 11.9. The number of hydrogen-bond acceptors (Lipinski definition) is 2. The molecule has 2 rings (SSSR count). The minimum Gasteiger partial charge on any atom is -0.396 e. The number of hydrogen-bond donors (Lipinski definition) is 3. The Bertz CT molecular complexity index is 562. The van der Waals surface area contributed by atoms with E-state index in [1.807, 2.05) is 25.3 Å². The molecule has 0 aliphatic carbocycles. The third-order valence-electron chi connectivity index (χ3n) is 3.53. The lowest BCUT2D eigenvalue weighted by Crippen LogP contribution is -2.28. The van der Waals surface area contributed by atoms with Crippen molar-refractivity contribution >= 4 is 16.8 Å². The molecule has 1 aromatic carbocycles. The Hall–Kier alpha value is -1.81. The normalized spacial score (nSPS) is 12.5. The molecule has 0 saturated carbocycles. The molecule has 0 saturated heterocycles. The van der Waals surface area contributed by atoms with Crippen LogP contribution >= 0.6 is 0 Å². The van der Waals surface area contributed by atoms with Gasteiger partial charge in [0.25, 0.3) is 0 Å². The van der Waals surface area contributed by atoms with Crippen LogP contribution in [0.5, 0.6) is 0 Å². The minimum absolute atomic E-state index is 0.0731. The first kappa shape index (κ1) is 14.6. The molecule has 4 heteroatoms. The summed E-state index contributed by atoms with van der Waals surface area (Å²) in [6.45, 7) is 2.83. The van der Waals surface area contributed by atoms with Crippen molar-refractivity contribution < 1.29 is 9.90 Å². The topological polar surface area (TPSA) is 65.1 Å². The van der Waals surface area contributed by atoms with E-state index in [9.17, 15) is 4.79 Å². The monoisotopic (exact) mass is 274 g/mol. The molecule has 1 amide bonds.